The van der Waals surface area contributed by atoms with Gasteiger partial charge in [0.15, 0.2) is 0 Å². The summed E-state index contributed by atoms with van der Waals surface area (Å²) in [6.07, 6.45) is -1.08. The third-order valence-corrected chi connectivity index (χ3v) is 3.45. The van der Waals surface area contributed by atoms with Gasteiger partial charge in [-0.3, -0.25) is 4.79 Å². The standard InChI is InChI=1S/C15H20N2O4/c1-3-11(18)9-17-15(20)14(19)8-13(16-17)10-4-6-12(21-2)7-5-10/h4-7,11,14,18-19H,3,8-9H2,1-2H3. The van der Waals surface area contributed by atoms with Crippen molar-refractivity contribution in [3.8, 4) is 5.75 Å². The maximum atomic E-state index is 11.9. The van der Waals surface area contributed by atoms with E-state index in [0.717, 1.165) is 16.3 Å². The maximum absolute atomic E-state index is 11.9. The van der Waals surface area contributed by atoms with Gasteiger partial charge in [-0.15, -0.1) is 0 Å². The number of carbonyl (C=O) groups excluding carboxylic acids is 1. The molecule has 1 heterocycles. The summed E-state index contributed by atoms with van der Waals surface area (Å²) < 4.78 is 5.10. The van der Waals surface area contributed by atoms with Crippen molar-refractivity contribution in [2.24, 2.45) is 5.10 Å². The molecular weight excluding hydrogens is 272 g/mol. The highest BCUT2D eigenvalue weighted by molar-refractivity contribution is 6.05. The van der Waals surface area contributed by atoms with Crippen molar-refractivity contribution in [2.45, 2.75) is 32.0 Å². The minimum atomic E-state index is -1.12. The number of carbonyl (C=O) groups is 1. The molecule has 2 unspecified atom stereocenters. The number of hydrogen-bond donors (Lipinski definition) is 2. The molecular formula is C15H20N2O4. The first-order chi connectivity index (χ1) is 10.0. The largest absolute Gasteiger partial charge is 0.497 e. The Morgan fingerprint density at radius 2 is 2.10 bits per heavy atom. The molecule has 1 aromatic carbocycles. The average Bonchev–Trinajstić information content (AvgIpc) is 2.51. The van der Waals surface area contributed by atoms with Crippen LogP contribution in [0.1, 0.15) is 25.3 Å². The lowest BCUT2D eigenvalue weighted by molar-refractivity contribution is -0.142. The summed E-state index contributed by atoms with van der Waals surface area (Å²) in [6, 6.07) is 7.25. The van der Waals surface area contributed by atoms with Crippen LogP contribution in [0.25, 0.3) is 0 Å². The number of aliphatic hydroxyl groups is 2. The van der Waals surface area contributed by atoms with Crippen LogP contribution in [0.4, 0.5) is 0 Å². The Balaban J connectivity index is 2.24. The van der Waals surface area contributed by atoms with Crippen molar-refractivity contribution in [1.82, 2.24) is 5.01 Å². The van der Waals surface area contributed by atoms with Gasteiger partial charge in [0.2, 0.25) is 0 Å². The number of β-amino-alcohol motifs (C(OH)–C–C–N with tert-alkyl or cyclic N) is 1. The van der Waals surface area contributed by atoms with Gasteiger partial charge in [0.05, 0.1) is 25.5 Å². The van der Waals surface area contributed by atoms with Crippen LogP contribution in [-0.4, -0.2) is 52.7 Å². The zero-order valence-corrected chi connectivity index (χ0v) is 12.2. The van der Waals surface area contributed by atoms with Crippen LogP contribution in [0.5, 0.6) is 5.75 Å². The minimum absolute atomic E-state index is 0.0893. The molecule has 1 aliphatic rings. The molecule has 6 nitrogen and oxygen atoms in total. The van der Waals surface area contributed by atoms with E-state index < -0.39 is 18.1 Å². The molecule has 0 aromatic heterocycles. The van der Waals surface area contributed by atoms with E-state index in [4.69, 9.17) is 4.74 Å². The molecule has 0 aliphatic carbocycles. The number of ether oxygens (including phenoxy) is 1. The lowest BCUT2D eigenvalue weighted by Crippen LogP contribution is -2.45. The molecule has 0 bridgehead atoms. The normalized spacial score (nSPS) is 20.2. The molecule has 2 atom stereocenters. The lowest BCUT2D eigenvalue weighted by atomic mass is 10.0. The number of amides is 1. The van der Waals surface area contributed by atoms with Gasteiger partial charge in [-0.1, -0.05) is 6.92 Å². The second-order valence-corrected chi connectivity index (χ2v) is 4.98. The molecule has 21 heavy (non-hydrogen) atoms. The molecule has 1 aromatic rings. The number of nitrogens with zero attached hydrogens (tertiary/aromatic N) is 2. The predicted molar refractivity (Wildman–Crippen MR) is 78.2 cm³/mol. The number of hydrazone groups is 1. The van der Waals surface area contributed by atoms with Crippen LogP contribution in [0.2, 0.25) is 0 Å². The molecule has 0 spiro atoms. The average molecular weight is 292 g/mol. The zero-order chi connectivity index (χ0) is 15.4. The maximum Gasteiger partial charge on any atom is 0.271 e. The smallest absolute Gasteiger partial charge is 0.271 e. The Kier molecular flexibility index (Phi) is 4.93. The Hall–Kier alpha value is -1.92. The van der Waals surface area contributed by atoms with Crippen molar-refractivity contribution < 1.29 is 19.7 Å². The minimum Gasteiger partial charge on any atom is -0.497 e. The number of rotatable bonds is 5. The van der Waals surface area contributed by atoms with Gasteiger partial charge in [0, 0.05) is 6.42 Å². The van der Waals surface area contributed by atoms with Crippen LogP contribution in [0.15, 0.2) is 29.4 Å². The van der Waals surface area contributed by atoms with Gasteiger partial charge in [-0.2, -0.15) is 5.10 Å². The van der Waals surface area contributed by atoms with E-state index in [2.05, 4.69) is 5.10 Å². The fraction of sp³-hybridized carbons (Fsp3) is 0.467. The topological polar surface area (TPSA) is 82.4 Å². The number of benzene rings is 1. The number of aliphatic hydroxyl groups excluding tert-OH is 2. The SMILES string of the molecule is CCC(O)CN1N=C(c2ccc(OC)cc2)CC(O)C1=O. The van der Waals surface area contributed by atoms with Crippen molar-refractivity contribution in [3.63, 3.8) is 0 Å². The molecule has 114 valence electrons. The summed E-state index contributed by atoms with van der Waals surface area (Å²) >= 11 is 0. The summed E-state index contributed by atoms with van der Waals surface area (Å²) in [5.41, 5.74) is 1.44. The Labute approximate surface area is 123 Å². The van der Waals surface area contributed by atoms with Crippen LogP contribution < -0.4 is 4.74 Å². The first-order valence-electron chi connectivity index (χ1n) is 6.94. The Bertz CT molecular complexity index is 527. The quantitative estimate of drug-likeness (QED) is 0.839. The first kappa shape index (κ1) is 15.5. The third-order valence-electron chi connectivity index (χ3n) is 3.45. The van der Waals surface area contributed by atoms with E-state index in [1.807, 2.05) is 19.1 Å². The van der Waals surface area contributed by atoms with Crippen molar-refractivity contribution >= 4 is 11.6 Å². The molecule has 2 rings (SSSR count). The van der Waals surface area contributed by atoms with Crippen LogP contribution in [-0.2, 0) is 4.79 Å². The van der Waals surface area contributed by atoms with Crippen LogP contribution in [0, 0.1) is 0 Å². The van der Waals surface area contributed by atoms with Crippen LogP contribution in [0.3, 0.4) is 0 Å². The van der Waals surface area contributed by atoms with Crippen LogP contribution >= 0.6 is 0 Å². The van der Waals surface area contributed by atoms with Gasteiger partial charge in [-0.25, -0.2) is 5.01 Å². The molecule has 0 fully saturated rings. The van der Waals surface area contributed by atoms with Gasteiger partial charge in [-0.05, 0) is 36.2 Å². The summed E-state index contributed by atoms with van der Waals surface area (Å²) in [7, 11) is 1.59. The number of hydrogen-bond acceptors (Lipinski definition) is 5. The molecule has 0 saturated heterocycles. The fourth-order valence-corrected chi connectivity index (χ4v) is 2.10. The summed E-state index contributed by atoms with van der Waals surface area (Å²) in [5.74, 6) is 0.254. The lowest BCUT2D eigenvalue weighted by Gasteiger charge is -2.28. The summed E-state index contributed by atoms with van der Waals surface area (Å²) in [5, 5.41) is 25.0. The van der Waals surface area contributed by atoms with Gasteiger partial charge in [0.1, 0.15) is 11.9 Å². The Morgan fingerprint density at radius 3 is 2.67 bits per heavy atom. The second-order valence-electron chi connectivity index (χ2n) is 4.98. The van der Waals surface area contributed by atoms with Gasteiger partial charge >= 0.3 is 0 Å². The monoisotopic (exact) mass is 292 g/mol. The fourth-order valence-electron chi connectivity index (χ4n) is 2.10. The highest BCUT2D eigenvalue weighted by atomic mass is 16.5. The molecule has 6 heteroatoms. The highest BCUT2D eigenvalue weighted by Gasteiger charge is 2.30. The van der Waals surface area contributed by atoms with Gasteiger partial charge < -0.3 is 14.9 Å². The molecule has 1 aliphatic heterocycles. The van der Waals surface area contributed by atoms with E-state index in [1.54, 1.807) is 19.2 Å². The van der Waals surface area contributed by atoms with Crippen molar-refractivity contribution in [1.29, 1.82) is 0 Å². The van der Waals surface area contributed by atoms with Gasteiger partial charge in [0.25, 0.3) is 5.91 Å². The molecule has 2 N–H and O–H groups in total. The summed E-state index contributed by atoms with van der Waals surface area (Å²) in [4.78, 5) is 11.9. The highest BCUT2D eigenvalue weighted by Crippen LogP contribution is 2.19. The molecule has 0 radical (unpaired) electrons. The van der Waals surface area contributed by atoms with E-state index in [1.165, 1.54) is 0 Å². The first-order valence-corrected chi connectivity index (χ1v) is 6.94. The van der Waals surface area contributed by atoms with Crippen molar-refractivity contribution in [3.05, 3.63) is 29.8 Å². The number of methoxy groups -OCH3 is 1. The van der Waals surface area contributed by atoms with E-state index in [0.29, 0.717) is 12.1 Å². The zero-order valence-electron chi connectivity index (χ0n) is 12.2. The van der Waals surface area contributed by atoms with E-state index in [-0.39, 0.29) is 13.0 Å². The van der Waals surface area contributed by atoms with E-state index in [9.17, 15) is 15.0 Å². The molecule has 1 amide bonds. The predicted octanol–water partition coefficient (Wildman–Crippen LogP) is 0.763. The third kappa shape index (κ3) is 3.59. The van der Waals surface area contributed by atoms with Crippen molar-refractivity contribution in [2.75, 3.05) is 13.7 Å². The van der Waals surface area contributed by atoms with E-state index >= 15 is 0 Å². The Morgan fingerprint density at radius 1 is 1.43 bits per heavy atom. The second kappa shape index (κ2) is 6.69. The summed E-state index contributed by atoms with van der Waals surface area (Å²) in [6.45, 7) is 1.91. The molecule has 0 saturated carbocycles.